The van der Waals surface area contributed by atoms with Gasteiger partial charge in [0, 0.05) is 0 Å². The van der Waals surface area contributed by atoms with Gasteiger partial charge in [0.2, 0.25) is 11.9 Å². The van der Waals surface area contributed by atoms with Crippen LogP contribution in [-0.4, -0.2) is 25.7 Å². The van der Waals surface area contributed by atoms with Gasteiger partial charge in [-0.05, 0) is 23.8 Å². The predicted molar refractivity (Wildman–Crippen MR) is 97.0 cm³/mol. The van der Waals surface area contributed by atoms with Crippen LogP contribution in [0.1, 0.15) is 5.56 Å². The van der Waals surface area contributed by atoms with Crippen LogP contribution in [0.3, 0.4) is 0 Å². The fraction of sp³-hybridized carbons (Fsp3) is 0.0556. The van der Waals surface area contributed by atoms with E-state index in [1.54, 1.807) is 12.3 Å². The maximum atomic E-state index is 13.4. The summed E-state index contributed by atoms with van der Waals surface area (Å²) in [5.41, 5.74) is 2.64. The molecule has 0 saturated heterocycles. The lowest BCUT2D eigenvalue weighted by Crippen LogP contribution is -2.14. The number of carbonyl (C=O) groups is 1. The first-order valence-corrected chi connectivity index (χ1v) is 8.20. The van der Waals surface area contributed by atoms with Crippen molar-refractivity contribution in [1.29, 1.82) is 0 Å². The lowest BCUT2D eigenvalue weighted by molar-refractivity contribution is -0.115. The van der Waals surface area contributed by atoms with Crippen LogP contribution in [-0.2, 0) is 11.2 Å². The molecule has 2 aromatic heterocycles. The van der Waals surface area contributed by atoms with Gasteiger partial charge in [-0.15, -0.1) is 0 Å². The SMILES string of the molecule is O=C(Cc1cccc(F)c1Cl)Nc1cnn(-c2nc3ccccc3[nH]2)c1. The van der Waals surface area contributed by atoms with Gasteiger partial charge < -0.3 is 10.3 Å². The minimum absolute atomic E-state index is 0.0353. The number of nitrogens with zero attached hydrogens (tertiary/aromatic N) is 3. The second kappa shape index (κ2) is 6.61. The van der Waals surface area contributed by atoms with Crippen LogP contribution in [0.25, 0.3) is 17.0 Å². The van der Waals surface area contributed by atoms with Gasteiger partial charge in [-0.3, -0.25) is 4.79 Å². The molecule has 0 bridgehead atoms. The topological polar surface area (TPSA) is 75.6 Å². The summed E-state index contributed by atoms with van der Waals surface area (Å²) in [6, 6.07) is 12.0. The average molecular weight is 370 g/mol. The van der Waals surface area contributed by atoms with Crippen LogP contribution in [0.15, 0.2) is 54.9 Å². The summed E-state index contributed by atoms with van der Waals surface area (Å²) in [5, 5.41) is 6.87. The summed E-state index contributed by atoms with van der Waals surface area (Å²) in [4.78, 5) is 19.8. The van der Waals surface area contributed by atoms with Crippen molar-refractivity contribution in [1.82, 2.24) is 19.7 Å². The number of aromatic amines is 1. The quantitative estimate of drug-likeness (QED) is 0.575. The molecular formula is C18H13ClFN5O. The van der Waals surface area contributed by atoms with Crippen LogP contribution in [0, 0.1) is 5.82 Å². The molecule has 4 aromatic rings. The van der Waals surface area contributed by atoms with E-state index >= 15 is 0 Å². The van der Waals surface area contributed by atoms with Crippen molar-refractivity contribution in [3.63, 3.8) is 0 Å². The van der Waals surface area contributed by atoms with Crippen molar-refractivity contribution < 1.29 is 9.18 Å². The number of nitrogens with one attached hydrogen (secondary N) is 2. The number of hydrogen-bond acceptors (Lipinski definition) is 3. The van der Waals surface area contributed by atoms with Crippen LogP contribution in [0.5, 0.6) is 0 Å². The molecule has 2 N–H and O–H groups in total. The second-order valence-electron chi connectivity index (χ2n) is 5.69. The number of imidazole rings is 1. The molecule has 2 heterocycles. The molecule has 0 fully saturated rings. The van der Waals surface area contributed by atoms with E-state index in [4.69, 9.17) is 11.6 Å². The first-order chi connectivity index (χ1) is 12.6. The molecule has 0 unspecified atom stereocenters. The second-order valence-corrected chi connectivity index (χ2v) is 6.07. The maximum Gasteiger partial charge on any atom is 0.229 e. The lowest BCUT2D eigenvalue weighted by Gasteiger charge is -2.05. The summed E-state index contributed by atoms with van der Waals surface area (Å²) in [6.07, 6.45) is 3.12. The number of amides is 1. The molecule has 130 valence electrons. The normalized spacial score (nSPS) is 11.0. The van der Waals surface area contributed by atoms with Gasteiger partial charge in [-0.25, -0.2) is 14.1 Å². The summed E-state index contributed by atoms with van der Waals surface area (Å²) >= 11 is 5.88. The monoisotopic (exact) mass is 369 g/mol. The molecule has 26 heavy (non-hydrogen) atoms. The minimum atomic E-state index is -0.547. The van der Waals surface area contributed by atoms with Crippen LogP contribution in [0.2, 0.25) is 5.02 Å². The minimum Gasteiger partial charge on any atom is -0.323 e. The van der Waals surface area contributed by atoms with E-state index in [1.165, 1.54) is 23.0 Å². The van der Waals surface area contributed by atoms with Gasteiger partial charge in [-0.1, -0.05) is 35.9 Å². The summed E-state index contributed by atoms with van der Waals surface area (Å²) in [5.74, 6) is -0.323. The molecule has 6 nitrogen and oxygen atoms in total. The molecule has 2 aromatic carbocycles. The third kappa shape index (κ3) is 3.16. The van der Waals surface area contributed by atoms with Crippen molar-refractivity contribution in [2.45, 2.75) is 6.42 Å². The van der Waals surface area contributed by atoms with E-state index in [1.807, 2.05) is 24.3 Å². The summed E-state index contributed by atoms with van der Waals surface area (Å²) < 4.78 is 15.0. The van der Waals surface area contributed by atoms with Gasteiger partial charge in [0.05, 0.1) is 40.6 Å². The van der Waals surface area contributed by atoms with Crippen molar-refractivity contribution in [3.05, 3.63) is 71.3 Å². The van der Waals surface area contributed by atoms with Crippen LogP contribution in [0.4, 0.5) is 10.1 Å². The first kappa shape index (κ1) is 16.3. The maximum absolute atomic E-state index is 13.4. The number of para-hydroxylation sites is 2. The van der Waals surface area contributed by atoms with E-state index in [0.29, 0.717) is 17.2 Å². The molecule has 0 atom stereocenters. The third-order valence-corrected chi connectivity index (χ3v) is 4.27. The van der Waals surface area contributed by atoms with Gasteiger partial charge in [-0.2, -0.15) is 5.10 Å². The van der Waals surface area contributed by atoms with Crippen molar-refractivity contribution >= 4 is 34.2 Å². The van der Waals surface area contributed by atoms with Gasteiger partial charge in [0.1, 0.15) is 5.82 Å². The Hall–Kier alpha value is -3.19. The van der Waals surface area contributed by atoms with E-state index in [0.717, 1.165) is 11.0 Å². The zero-order valence-electron chi connectivity index (χ0n) is 13.4. The fourth-order valence-electron chi connectivity index (χ4n) is 2.61. The number of rotatable bonds is 4. The van der Waals surface area contributed by atoms with Crippen molar-refractivity contribution in [3.8, 4) is 5.95 Å². The van der Waals surface area contributed by atoms with E-state index in [9.17, 15) is 9.18 Å². The average Bonchev–Trinajstić information content (AvgIpc) is 3.25. The Morgan fingerprint density at radius 3 is 2.92 bits per heavy atom. The highest BCUT2D eigenvalue weighted by Gasteiger charge is 2.12. The zero-order chi connectivity index (χ0) is 18.1. The molecule has 0 aliphatic carbocycles. The fourth-order valence-corrected chi connectivity index (χ4v) is 2.81. The van der Waals surface area contributed by atoms with Crippen LogP contribution < -0.4 is 5.32 Å². The number of fused-ring (bicyclic) bond motifs is 1. The molecule has 8 heteroatoms. The Balaban J connectivity index is 1.49. The number of carbonyl (C=O) groups excluding carboxylic acids is 1. The predicted octanol–water partition coefficient (Wildman–Crippen LogP) is 3.72. The number of halogens is 2. The number of hydrogen-bond donors (Lipinski definition) is 2. The molecule has 4 rings (SSSR count). The Morgan fingerprint density at radius 2 is 2.08 bits per heavy atom. The van der Waals surface area contributed by atoms with Crippen LogP contribution >= 0.6 is 11.6 Å². The van der Waals surface area contributed by atoms with Gasteiger partial charge in [0.25, 0.3) is 0 Å². The number of anilines is 1. The molecule has 0 radical (unpaired) electrons. The Morgan fingerprint density at radius 1 is 1.23 bits per heavy atom. The Kier molecular flexibility index (Phi) is 4.14. The molecule has 0 spiro atoms. The highest BCUT2D eigenvalue weighted by Crippen LogP contribution is 2.21. The van der Waals surface area contributed by atoms with E-state index < -0.39 is 5.82 Å². The number of aromatic nitrogens is 4. The summed E-state index contributed by atoms with van der Waals surface area (Å²) in [6.45, 7) is 0. The van der Waals surface area contributed by atoms with E-state index in [-0.39, 0.29) is 17.4 Å². The molecule has 0 saturated carbocycles. The van der Waals surface area contributed by atoms with Gasteiger partial charge >= 0.3 is 0 Å². The number of benzene rings is 2. The first-order valence-electron chi connectivity index (χ1n) is 7.83. The Labute approximate surface area is 152 Å². The molecule has 0 aliphatic heterocycles. The smallest absolute Gasteiger partial charge is 0.229 e. The highest BCUT2D eigenvalue weighted by molar-refractivity contribution is 6.31. The van der Waals surface area contributed by atoms with E-state index in [2.05, 4.69) is 20.4 Å². The third-order valence-electron chi connectivity index (χ3n) is 3.84. The molecular weight excluding hydrogens is 357 g/mol. The standard InChI is InChI=1S/C18H13ClFN5O/c19-17-11(4-3-5-13(17)20)8-16(26)22-12-9-21-25(10-12)18-23-14-6-1-2-7-15(14)24-18/h1-7,9-10H,8H2,(H,22,26)(H,23,24). The lowest BCUT2D eigenvalue weighted by atomic mass is 10.1. The van der Waals surface area contributed by atoms with Crippen molar-refractivity contribution in [2.75, 3.05) is 5.32 Å². The Bertz CT molecular complexity index is 1070. The zero-order valence-corrected chi connectivity index (χ0v) is 14.2. The summed E-state index contributed by atoms with van der Waals surface area (Å²) in [7, 11) is 0. The number of H-pyrrole nitrogens is 1. The molecule has 0 aliphatic rings. The molecule has 1 amide bonds. The van der Waals surface area contributed by atoms with Crippen molar-refractivity contribution in [2.24, 2.45) is 0 Å². The largest absolute Gasteiger partial charge is 0.323 e. The highest BCUT2D eigenvalue weighted by atomic mass is 35.5. The van der Waals surface area contributed by atoms with Gasteiger partial charge in [0.15, 0.2) is 0 Å².